The van der Waals surface area contributed by atoms with Crippen LogP contribution in [0.2, 0.25) is 0 Å². The van der Waals surface area contributed by atoms with Gasteiger partial charge < -0.3 is 15.4 Å². The molecule has 0 aromatic carbocycles. The van der Waals surface area contributed by atoms with E-state index in [-0.39, 0.29) is 6.04 Å². The number of aromatic amines is 1. The van der Waals surface area contributed by atoms with Gasteiger partial charge in [-0.05, 0) is 33.7 Å². The Hall–Kier alpha value is -0.870. The second-order valence-corrected chi connectivity index (χ2v) is 4.47. The molecule has 4 heteroatoms. The standard InChI is InChI=1S/C11H21N3O/c1-9(11(2,3)15)12-6-4-5-10-13-7-8-14-10/h7-9,12,15H,4-6H2,1-3H3,(H,13,14). The first kappa shape index (κ1) is 12.2. The van der Waals surface area contributed by atoms with Crippen molar-refractivity contribution >= 4 is 0 Å². The van der Waals surface area contributed by atoms with Crippen LogP contribution in [0.5, 0.6) is 0 Å². The molecule has 1 atom stereocenters. The van der Waals surface area contributed by atoms with E-state index in [1.54, 1.807) is 6.20 Å². The number of hydrogen-bond acceptors (Lipinski definition) is 3. The average Bonchev–Trinajstić information content (AvgIpc) is 2.63. The third kappa shape index (κ3) is 4.44. The zero-order valence-corrected chi connectivity index (χ0v) is 9.75. The van der Waals surface area contributed by atoms with Gasteiger partial charge in [-0.1, -0.05) is 0 Å². The lowest BCUT2D eigenvalue weighted by Crippen LogP contribution is -2.44. The van der Waals surface area contributed by atoms with E-state index < -0.39 is 5.60 Å². The molecule has 0 fully saturated rings. The Kier molecular flexibility index (Phi) is 4.29. The Morgan fingerprint density at radius 3 is 2.87 bits per heavy atom. The lowest BCUT2D eigenvalue weighted by molar-refractivity contribution is 0.0444. The second kappa shape index (κ2) is 5.28. The molecule has 0 aliphatic rings. The molecule has 3 N–H and O–H groups in total. The van der Waals surface area contributed by atoms with Crippen molar-refractivity contribution in [1.82, 2.24) is 15.3 Å². The number of nitrogens with zero attached hydrogens (tertiary/aromatic N) is 1. The molecular formula is C11H21N3O. The van der Waals surface area contributed by atoms with E-state index in [2.05, 4.69) is 15.3 Å². The third-order valence-electron chi connectivity index (χ3n) is 2.66. The zero-order valence-electron chi connectivity index (χ0n) is 9.75. The van der Waals surface area contributed by atoms with Gasteiger partial charge in [0.2, 0.25) is 0 Å². The maximum absolute atomic E-state index is 9.69. The number of aryl methyl sites for hydroxylation is 1. The molecule has 0 saturated heterocycles. The second-order valence-electron chi connectivity index (χ2n) is 4.47. The van der Waals surface area contributed by atoms with Gasteiger partial charge in [0.05, 0.1) is 5.60 Å². The number of nitrogens with one attached hydrogen (secondary N) is 2. The van der Waals surface area contributed by atoms with Crippen LogP contribution in [-0.2, 0) is 6.42 Å². The minimum absolute atomic E-state index is 0.106. The van der Waals surface area contributed by atoms with E-state index in [1.165, 1.54) is 0 Å². The van der Waals surface area contributed by atoms with Crippen molar-refractivity contribution in [2.24, 2.45) is 0 Å². The van der Waals surface area contributed by atoms with E-state index in [1.807, 2.05) is 27.0 Å². The molecule has 0 aliphatic heterocycles. The summed E-state index contributed by atoms with van der Waals surface area (Å²) in [5.41, 5.74) is -0.662. The molecular weight excluding hydrogens is 190 g/mol. The van der Waals surface area contributed by atoms with Gasteiger partial charge in [-0.25, -0.2) is 4.98 Å². The van der Waals surface area contributed by atoms with Crippen LogP contribution in [0.15, 0.2) is 12.4 Å². The van der Waals surface area contributed by atoms with Gasteiger partial charge >= 0.3 is 0 Å². The van der Waals surface area contributed by atoms with Crippen molar-refractivity contribution in [3.63, 3.8) is 0 Å². The van der Waals surface area contributed by atoms with Crippen molar-refractivity contribution in [2.45, 2.75) is 45.3 Å². The molecule has 1 aromatic rings. The van der Waals surface area contributed by atoms with Crippen molar-refractivity contribution in [1.29, 1.82) is 0 Å². The van der Waals surface area contributed by atoms with Crippen LogP contribution >= 0.6 is 0 Å². The number of hydrogen-bond donors (Lipinski definition) is 3. The summed E-state index contributed by atoms with van der Waals surface area (Å²) in [6, 6.07) is 0.106. The highest BCUT2D eigenvalue weighted by atomic mass is 16.3. The normalized spacial score (nSPS) is 14.1. The first-order chi connectivity index (χ1) is 7.00. The summed E-state index contributed by atoms with van der Waals surface area (Å²) in [5, 5.41) is 13.0. The van der Waals surface area contributed by atoms with Crippen LogP contribution < -0.4 is 5.32 Å². The van der Waals surface area contributed by atoms with Crippen LogP contribution in [-0.4, -0.2) is 33.3 Å². The fourth-order valence-corrected chi connectivity index (χ4v) is 1.26. The van der Waals surface area contributed by atoms with Crippen LogP contribution in [0.3, 0.4) is 0 Å². The number of aliphatic hydroxyl groups is 1. The summed E-state index contributed by atoms with van der Waals surface area (Å²) in [6.45, 7) is 6.52. The van der Waals surface area contributed by atoms with Gasteiger partial charge in [0.25, 0.3) is 0 Å². The Morgan fingerprint density at radius 2 is 2.33 bits per heavy atom. The van der Waals surface area contributed by atoms with E-state index in [0.29, 0.717) is 0 Å². The van der Waals surface area contributed by atoms with Crippen LogP contribution in [0.4, 0.5) is 0 Å². The summed E-state index contributed by atoms with van der Waals surface area (Å²) >= 11 is 0. The maximum atomic E-state index is 9.69. The van der Waals surface area contributed by atoms with Crippen molar-refractivity contribution < 1.29 is 5.11 Å². The zero-order chi connectivity index (χ0) is 11.3. The monoisotopic (exact) mass is 211 g/mol. The predicted octanol–water partition coefficient (Wildman–Crippen LogP) is 1.09. The van der Waals surface area contributed by atoms with Gasteiger partial charge in [0.1, 0.15) is 5.82 Å². The Bertz CT molecular complexity index is 264. The van der Waals surface area contributed by atoms with Crippen molar-refractivity contribution in [2.75, 3.05) is 6.54 Å². The predicted molar refractivity (Wildman–Crippen MR) is 60.7 cm³/mol. The fraction of sp³-hybridized carbons (Fsp3) is 0.727. The van der Waals surface area contributed by atoms with Gasteiger partial charge in [0, 0.05) is 24.9 Å². The summed E-state index contributed by atoms with van der Waals surface area (Å²) in [6.07, 6.45) is 5.57. The summed E-state index contributed by atoms with van der Waals surface area (Å²) in [4.78, 5) is 7.22. The van der Waals surface area contributed by atoms with Crippen LogP contribution in [0.1, 0.15) is 33.0 Å². The van der Waals surface area contributed by atoms with E-state index >= 15 is 0 Å². The molecule has 1 rings (SSSR count). The van der Waals surface area contributed by atoms with Crippen LogP contribution in [0.25, 0.3) is 0 Å². The first-order valence-electron chi connectivity index (χ1n) is 5.44. The maximum Gasteiger partial charge on any atom is 0.106 e. The Labute approximate surface area is 91.1 Å². The van der Waals surface area contributed by atoms with Gasteiger partial charge in [-0.3, -0.25) is 0 Å². The average molecular weight is 211 g/mol. The van der Waals surface area contributed by atoms with Gasteiger partial charge in [-0.2, -0.15) is 0 Å². The lowest BCUT2D eigenvalue weighted by atomic mass is 10.0. The summed E-state index contributed by atoms with van der Waals surface area (Å²) in [5.74, 6) is 1.02. The molecule has 0 bridgehead atoms. The molecule has 86 valence electrons. The molecule has 1 heterocycles. The lowest BCUT2D eigenvalue weighted by Gasteiger charge is -2.26. The molecule has 0 spiro atoms. The molecule has 0 saturated carbocycles. The molecule has 1 unspecified atom stereocenters. The molecule has 15 heavy (non-hydrogen) atoms. The summed E-state index contributed by atoms with van der Waals surface area (Å²) in [7, 11) is 0. The minimum atomic E-state index is -0.662. The quantitative estimate of drug-likeness (QED) is 0.617. The minimum Gasteiger partial charge on any atom is -0.389 e. The number of aromatic nitrogens is 2. The number of imidazole rings is 1. The fourth-order valence-electron chi connectivity index (χ4n) is 1.26. The molecule has 1 aromatic heterocycles. The van der Waals surface area contributed by atoms with Crippen molar-refractivity contribution in [3.8, 4) is 0 Å². The molecule has 0 radical (unpaired) electrons. The van der Waals surface area contributed by atoms with Gasteiger partial charge in [-0.15, -0.1) is 0 Å². The highest BCUT2D eigenvalue weighted by Gasteiger charge is 2.20. The topological polar surface area (TPSA) is 60.9 Å². The smallest absolute Gasteiger partial charge is 0.106 e. The SMILES string of the molecule is CC(NCCCc1ncc[nH]1)C(C)(C)O. The highest BCUT2D eigenvalue weighted by Crippen LogP contribution is 2.07. The number of rotatable bonds is 6. The first-order valence-corrected chi connectivity index (χ1v) is 5.44. The third-order valence-corrected chi connectivity index (χ3v) is 2.66. The highest BCUT2D eigenvalue weighted by molar-refractivity contribution is 4.87. The van der Waals surface area contributed by atoms with Crippen molar-refractivity contribution in [3.05, 3.63) is 18.2 Å². The largest absolute Gasteiger partial charge is 0.389 e. The molecule has 4 nitrogen and oxygen atoms in total. The Morgan fingerprint density at radius 1 is 1.60 bits per heavy atom. The Balaban J connectivity index is 2.12. The van der Waals surface area contributed by atoms with E-state index in [0.717, 1.165) is 25.2 Å². The number of H-pyrrole nitrogens is 1. The van der Waals surface area contributed by atoms with Crippen LogP contribution in [0, 0.1) is 0 Å². The summed E-state index contributed by atoms with van der Waals surface area (Å²) < 4.78 is 0. The molecule has 0 aliphatic carbocycles. The van der Waals surface area contributed by atoms with Gasteiger partial charge in [0.15, 0.2) is 0 Å². The van der Waals surface area contributed by atoms with E-state index in [9.17, 15) is 5.11 Å². The van der Waals surface area contributed by atoms with E-state index in [4.69, 9.17) is 0 Å². The molecule has 0 amide bonds.